The van der Waals surface area contributed by atoms with E-state index < -0.39 is 0 Å². The van der Waals surface area contributed by atoms with Crippen LogP contribution in [0.25, 0.3) is 10.9 Å². The summed E-state index contributed by atoms with van der Waals surface area (Å²) in [6.45, 7) is 1.81. The quantitative estimate of drug-likeness (QED) is 0.767. The van der Waals surface area contributed by atoms with Crippen molar-refractivity contribution < 1.29 is 9.53 Å². The molecule has 0 N–H and O–H groups in total. The normalized spacial score (nSPS) is 21.3. The average Bonchev–Trinajstić information content (AvgIpc) is 3.15. The van der Waals surface area contributed by atoms with E-state index >= 15 is 0 Å². The van der Waals surface area contributed by atoms with Crippen LogP contribution in [0, 0.1) is 11.8 Å². The summed E-state index contributed by atoms with van der Waals surface area (Å²) in [6.07, 6.45) is 0.858. The van der Waals surface area contributed by atoms with Gasteiger partial charge in [0.25, 0.3) is 5.56 Å². The molecule has 0 aliphatic heterocycles. The van der Waals surface area contributed by atoms with Crippen LogP contribution in [0.4, 0.5) is 0 Å². The molecule has 1 saturated carbocycles. The van der Waals surface area contributed by atoms with E-state index in [1.165, 1.54) is 0 Å². The summed E-state index contributed by atoms with van der Waals surface area (Å²) in [5, 5.41) is 8.14. The fraction of sp³-hybridized carbons (Fsp3) is 0.385. The zero-order valence-electron chi connectivity index (χ0n) is 10.4. The molecule has 1 aromatic heterocycles. The minimum Gasteiger partial charge on any atom is -0.442 e. The van der Waals surface area contributed by atoms with Crippen LogP contribution in [0.5, 0.6) is 0 Å². The summed E-state index contributed by atoms with van der Waals surface area (Å²) < 4.78 is 6.14. The van der Waals surface area contributed by atoms with E-state index in [-0.39, 0.29) is 24.2 Å². The largest absolute Gasteiger partial charge is 0.442 e. The second-order valence-electron chi connectivity index (χ2n) is 4.82. The van der Waals surface area contributed by atoms with Crippen LogP contribution in [-0.2, 0) is 16.3 Å². The number of rotatable bonds is 3. The third-order valence-corrected chi connectivity index (χ3v) is 3.37. The van der Waals surface area contributed by atoms with Crippen LogP contribution in [0.3, 0.4) is 0 Å². The van der Waals surface area contributed by atoms with Crippen LogP contribution >= 0.6 is 0 Å². The molecule has 1 heterocycles. The van der Waals surface area contributed by atoms with Crippen molar-refractivity contribution in [1.82, 2.24) is 15.0 Å². The Morgan fingerprint density at radius 1 is 1.47 bits per heavy atom. The maximum absolute atomic E-state index is 12.1. The third kappa shape index (κ3) is 2.21. The van der Waals surface area contributed by atoms with E-state index in [2.05, 4.69) is 10.3 Å². The van der Waals surface area contributed by atoms with E-state index in [0.29, 0.717) is 16.8 Å². The number of hydrogen-bond donors (Lipinski definition) is 0. The van der Waals surface area contributed by atoms with Gasteiger partial charge in [-0.25, -0.2) is 0 Å². The maximum atomic E-state index is 12.1. The molecule has 6 heteroatoms. The lowest BCUT2D eigenvalue weighted by Crippen LogP contribution is -2.27. The Bertz CT molecular complexity index is 695. The van der Waals surface area contributed by atoms with E-state index in [9.17, 15) is 9.59 Å². The Balaban J connectivity index is 1.80. The van der Waals surface area contributed by atoms with Gasteiger partial charge in [0.2, 0.25) is 0 Å². The first kappa shape index (κ1) is 11.8. The maximum Gasteiger partial charge on any atom is 0.311 e. The lowest BCUT2D eigenvalue weighted by atomic mass is 10.2. The molecule has 1 aliphatic carbocycles. The van der Waals surface area contributed by atoms with E-state index in [1.54, 1.807) is 24.3 Å². The number of benzene rings is 1. The molecule has 2 aromatic rings. The van der Waals surface area contributed by atoms with E-state index in [1.807, 2.05) is 6.92 Å². The molecular formula is C13H13N3O3. The number of fused-ring (bicyclic) bond motifs is 1. The van der Waals surface area contributed by atoms with Gasteiger partial charge in [0.15, 0.2) is 6.73 Å². The summed E-state index contributed by atoms with van der Waals surface area (Å²) >= 11 is 0. The molecule has 0 amide bonds. The first-order valence-corrected chi connectivity index (χ1v) is 6.16. The second kappa shape index (κ2) is 4.46. The van der Waals surface area contributed by atoms with Crippen LogP contribution in [0.15, 0.2) is 29.1 Å². The summed E-state index contributed by atoms with van der Waals surface area (Å²) in [5.74, 6) is 0.0883. The molecule has 1 fully saturated rings. The molecule has 0 radical (unpaired) electrons. The van der Waals surface area contributed by atoms with Crippen molar-refractivity contribution in [3.63, 3.8) is 0 Å². The number of esters is 1. The highest BCUT2D eigenvalue weighted by Gasteiger charge is 2.40. The Labute approximate surface area is 109 Å². The molecule has 6 nitrogen and oxygen atoms in total. The van der Waals surface area contributed by atoms with E-state index in [4.69, 9.17) is 4.74 Å². The molecule has 0 unspecified atom stereocenters. The highest BCUT2D eigenvalue weighted by Crippen LogP contribution is 2.38. The molecule has 3 rings (SSSR count). The smallest absolute Gasteiger partial charge is 0.311 e. The van der Waals surface area contributed by atoms with Crippen LogP contribution in [0.2, 0.25) is 0 Å². The molecule has 1 aromatic carbocycles. The van der Waals surface area contributed by atoms with Gasteiger partial charge in [-0.05, 0) is 24.5 Å². The second-order valence-corrected chi connectivity index (χ2v) is 4.82. The molecule has 1 aliphatic rings. The number of ether oxygens (including phenoxy) is 1. The van der Waals surface area contributed by atoms with Gasteiger partial charge in [-0.15, -0.1) is 5.10 Å². The van der Waals surface area contributed by atoms with Crippen molar-refractivity contribution in [2.75, 3.05) is 0 Å². The van der Waals surface area contributed by atoms with Crippen molar-refractivity contribution in [3.05, 3.63) is 34.6 Å². The predicted molar refractivity (Wildman–Crippen MR) is 67.2 cm³/mol. The Morgan fingerprint density at radius 3 is 2.95 bits per heavy atom. The van der Waals surface area contributed by atoms with Crippen molar-refractivity contribution in [2.24, 2.45) is 11.8 Å². The SMILES string of the molecule is C[C@H]1C[C@@H]1C(=O)OCn1nnc2ccccc2c1=O. The summed E-state index contributed by atoms with van der Waals surface area (Å²) in [4.78, 5) is 23.6. The summed E-state index contributed by atoms with van der Waals surface area (Å²) in [7, 11) is 0. The van der Waals surface area contributed by atoms with Gasteiger partial charge in [-0.1, -0.05) is 24.3 Å². The Kier molecular flexibility index (Phi) is 2.77. The van der Waals surface area contributed by atoms with Gasteiger partial charge in [-0.2, -0.15) is 4.68 Å². The number of aromatic nitrogens is 3. The van der Waals surface area contributed by atoms with Crippen LogP contribution in [-0.4, -0.2) is 21.0 Å². The van der Waals surface area contributed by atoms with E-state index in [0.717, 1.165) is 11.1 Å². The topological polar surface area (TPSA) is 74.1 Å². The first-order valence-electron chi connectivity index (χ1n) is 6.16. The first-order chi connectivity index (χ1) is 9.16. The molecule has 2 atom stereocenters. The summed E-state index contributed by atoms with van der Waals surface area (Å²) in [6, 6.07) is 6.93. The zero-order chi connectivity index (χ0) is 13.4. The fourth-order valence-corrected chi connectivity index (χ4v) is 1.99. The minimum atomic E-state index is -0.303. The average molecular weight is 259 g/mol. The summed E-state index contributed by atoms with van der Waals surface area (Å²) in [5.41, 5.74) is 0.230. The molecule has 0 bridgehead atoms. The van der Waals surface area contributed by atoms with Gasteiger partial charge >= 0.3 is 5.97 Å². The van der Waals surface area contributed by atoms with Crippen molar-refractivity contribution in [3.8, 4) is 0 Å². The molecule has 19 heavy (non-hydrogen) atoms. The minimum absolute atomic E-state index is 0.0240. The number of nitrogens with zero attached hydrogens (tertiary/aromatic N) is 3. The standard InChI is InChI=1S/C13H13N3O3/c1-8-6-10(8)13(18)19-7-16-12(17)9-4-2-3-5-11(9)14-15-16/h2-5,8,10H,6-7H2,1H3/t8-,10-/m0/s1. The predicted octanol–water partition coefficient (Wildman–Crippen LogP) is 0.948. The van der Waals surface area contributed by atoms with Gasteiger partial charge in [0.05, 0.1) is 11.3 Å². The molecule has 0 saturated heterocycles. The fourth-order valence-electron chi connectivity index (χ4n) is 1.99. The van der Waals surface area contributed by atoms with Crippen molar-refractivity contribution in [2.45, 2.75) is 20.1 Å². The number of carbonyl (C=O) groups is 1. The highest BCUT2D eigenvalue weighted by atomic mass is 16.5. The monoisotopic (exact) mass is 259 g/mol. The zero-order valence-corrected chi connectivity index (χ0v) is 10.4. The highest BCUT2D eigenvalue weighted by molar-refractivity contribution is 5.76. The number of hydrogen-bond acceptors (Lipinski definition) is 5. The van der Waals surface area contributed by atoms with Gasteiger partial charge in [0.1, 0.15) is 5.52 Å². The van der Waals surface area contributed by atoms with Crippen LogP contribution in [0.1, 0.15) is 13.3 Å². The van der Waals surface area contributed by atoms with Gasteiger partial charge in [0, 0.05) is 0 Å². The lowest BCUT2D eigenvalue weighted by molar-refractivity contribution is -0.150. The van der Waals surface area contributed by atoms with Gasteiger partial charge in [-0.3, -0.25) is 9.59 Å². The third-order valence-electron chi connectivity index (χ3n) is 3.37. The van der Waals surface area contributed by atoms with Gasteiger partial charge < -0.3 is 4.74 Å². The van der Waals surface area contributed by atoms with Crippen LogP contribution < -0.4 is 5.56 Å². The van der Waals surface area contributed by atoms with Crippen molar-refractivity contribution in [1.29, 1.82) is 0 Å². The Morgan fingerprint density at radius 2 is 2.21 bits per heavy atom. The molecule has 98 valence electrons. The molecular weight excluding hydrogens is 246 g/mol. The Hall–Kier alpha value is -2.24. The van der Waals surface area contributed by atoms with Crippen molar-refractivity contribution >= 4 is 16.9 Å². The molecule has 0 spiro atoms. The lowest BCUT2D eigenvalue weighted by Gasteiger charge is -2.05. The number of carbonyl (C=O) groups excluding carboxylic acids is 1.